The molecule has 0 spiro atoms. The Balaban J connectivity index is 0.000000117. The van der Waals surface area contributed by atoms with Crippen molar-refractivity contribution in [2.45, 2.75) is 0 Å². The minimum atomic E-state index is 0.699. The van der Waals surface area contributed by atoms with Crippen LogP contribution in [0.1, 0.15) is 0 Å². The van der Waals surface area contributed by atoms with E-state index in [2.05, 4.69) is 20.2 Å². The first-order valence-corrected chi connectivity index (χ1v) is 5.74. The Labute approximate surface area is 108 Å². The third kappa shape index (κ3) is 2.55. The predicted octanol–water partition coefficient (Wildman–Crippen LogP) is 2.85. The van der Waals surface area contributed by atoms with Gasteiger partial charge in [-0.3, -0.25) is 0 Å². The Hall–Kier alpha value is -2.82. The van der Waals surface area contributed by atoms with E-state index in [-0.39, 0.29) is 0 Å². The lowest BCUT2D eigenvalue weighted by molar-refractivity contribution is 0.602. The number of aromatic nitrogens is 4. The maximum Gasteiger partial charge on any atom is 0.181 e. The molecule has 0 atom stereocenters. The molecule has 0 aliphatic rings. The van der Waals surface area contributed by atoms with Gasteiger partial charge >= 0.3 is 0 Å². The fraction of sp³-hybridized carbons (Fsp3) is 0. The first-order chi connectivity index (χ1) is 9.43. The van der Waals surface area contributed by atoms with Gasteiger partial charge in [0.1, 0.15) is 5.52 Å². The second kappa shape index (κ2) is 5.22. The normalized spacial score (nSPS) is 10.1. The maximum atomic E-state index is 5.01. The van der Waals surface area contributed by atoms with E-state index in [0.29, 0.717) is 5.65 Å². The molecular weight excluding hydrogens is 240 g/mol. The van der Waals surface area contributed by atoms with Crippen molar-refractivity contribution in [2.24, 2.45) is 0 Å². The third-order valence-electron chi connectivity index (χ3n) is 2.53. The largest absolute Gasteiger partial charge is 0.443 e. The molecule has 0 aliphatic heterocycles. The van der Waals surface area contributed by atoms with Crippen molar-refractivity contribution in [3.8, 4) is 0 Å². The molecule has 92 valence electrons. The molecule has 0 amide bonds. The van der Waals surface area contributed by atoms with E-state index in [0.717, 1.165) is 16.5 Å². The van der Waals surface area contributed by atoms with Crippen molar-refractivity contribution in [1.82, 2.24) is 20.2 Å². The van der Waals surface area contributed by atoms with Crippen molar-refractivity contribution >= 4 is 22.1 Å². The van der Waals surface area contributed by atoms with Crippen LogP contribution in [-0.2, 0) is 0 Å². The highest BCUT2D eigenvalue weighted by Crippen LogP contribution is 2.09. The van der Waals surface area contributed by atoms with Crippen molar-refractivity contribution < 1.29 is 4.42 Å². The van der Waals surface area contributed by atoms with Crippen molar-refractivity contribution in [1.29, 1.82) is 0 Å². The third-order valence-corrected chi connectivity index (χ3v) is 2.53. The fourth-order valence-corrected chi connectivity index (χ4v) is 1.63. The molecular formula is C14H10N4O. The zero-order valence-electron chi connectivity index (χ0n) is 9.97. The lowest BCUT2D eigenvalue weighted by Crippen LogP contribution is -1.83. The second-order valence-corrected chi connectivity index (χ2v) is 3.77. The Morgan fingerprint density at radius 3 is 2.68 bits per heavy atom. The van der Waals surface area contributed by atoms with Crippen LogP contribution in [0.2, 0.25) is 0 Å². The topological polar surface area (TPSA) is 64.7 Å². The summed E-state index contributed by atoms with van der Waals surface area (Å²) in [5, 5.41) is 8.55. The summed E-state index contributed by atoms with van der Waals surface area (Å²) in [6, 6.07) is 13.4. The molecule has 0 N–H and O–H groups in total. The summed E-state index contributed by atoms with van der Waals surface area (Å²) < 4.78 is 5.01. The van der Waals surface area contributed by atoms with Gasteiger partial charge in [-0.25, -0.2) is 9.97 Å². The average molecular weight is 250 g/mol. The van der Waals surface area contributed by atoms with Crippen molar-refractivity contribution in [2.75, 3.05) is 0 Å². The van der Waals surface area contributed by atoms with Gasteiger partial charge < -0.3 is 4.42 Å². The smallest absolute Gasteiger partial charge is 0.181 e. The standard InChI is InChI=1S/C7H5N3.C7H5NO/c1-2-6-3-5-9-10-7(6)8-4-1;1-2-4-7-6(3-1)8-5-9-7/h1-5H;1-5H. The molecule has 1 aromatic carbocycles. The van der Waals surface area contributed by atoms with Gasteiger partial charge in [0.15, 0.2) is 17.6 Å². The van der Waals surface area contributed by atoms with Gasteiger partial charge in [-0.15, -0.1) is 5.10 Å². The van der Waals surface area contributed by atoms with Gasteiger partial charge in [-0.05, 0) is 30.3 Å². The molecule has 19 heavy (non-hydrogen) atoms. The molecule has 4 aromatic rings. The van der Waals surface area contributed by atoms with Gasteiger partial charge in [-0.1, -0.05) is 12.1 Å². The van der Waals surface area contributed by atoms with E-state index in [1.54, 1.807) is 12.4 Å². The van der Waals surface area contributed by atoms with Crippen LogP contribution in [0, 0.1) is 0 Å². The molecule has 4 rings (SSSR count). The van der Waals surface area contributed by atoms with Gasteiger partial charge in [0.25, 0.3) is 0 Å². The first kappa shape index (κ1) is 11.3. The van der Waals surface area contributed by atoms with Crippen LogP contribution in [0.4, 0.5) is 0 Å². The van der Waals surface area contributed by atoms with Gasteiger partial charge in [0.2, 0.25) is 0 Å². The van der Waals surface area contributed by atoms with Crippen LogP contribution in [0.25, 0.3) is 22.1 Å². The number of fused-ring (bicyclic) bond motifs is 2. The lowest BCUT2D eigenvalue weighted by Gasteiger charge is -1.89. The summed E-state index contributed by atoms with van der Waals surface area (Å²) in [6.45, 7) is 0. The number of hydrogen-bond acceptors (Lipinski definition) is 5. The number of pyridine rings is 1. The maximum absolute atomic E-state index is 5.01. The molecule has 0 saturated heterocycles. The Kier molecular flexibility index (Phi) is 3.10. The SMILES string of the molecule is c1ccc2ocnc2c1.c1cnc2nnccc2c1. The number of benzene rings is 1. The van der Waals surface area contributed by atoms with Crippen LogP contribution in [0.15, 0.2) is 65.7 Å². The summed E-state index contributed by atoms with van der Waals surface area (Å²) in [4.78, 5) is 7.96. The molecule has 0 radical (unpaired) electrons. The van der Waals surface area contributed by atoms with E-state index in [1.165, 1.54) is 6.39 Å². The molecule has 0 bridgehead atoms. The highest BCUT2D eigenvalue weighted by molar-refractivity contribution is 5.72. The van der Waals surface area contributed by atoms with Crippen LogP contribution < -0.4 is 0 Å². The predicted molar refractivity (Wildman–Crippen MR) is 71.3 cm³/mol. The number of nitrogens with zero attached hydrogens (tertiary/aromatic N) is 4. The molecule has 0 aliphatic carbocycles. The van der Waals surface area contributed by atoms with Crippen molar-refractivity contribution in [3.63, 3.8) is 0 Å². The Bertz CT molecular complexity index is 702. The monoisotopic (exact) mass is 250 g/mol. The molecule has 3 aromatic heterocycles. The second-order valence-electron chi connectivity index (χ2n) is 3.77. The highest BCUT2D eigenvalue weighted by Gasteiger charge is 1.91. The quantitative estimate of drug-likeness (QED) is 0.480. The van der Waals surface area contributed by atoms with E-state index in [4.69, 9.17) is 4.42 Å². The molecule has 0 saturated carbocycles. The van der Waals surface area contributed by atoms with Crippen LogP contribution in [0.3, 0.4) is 0 Å². The van der Waals surface area contributed by atoms with Gasteiger partial charge in [-0.2, -0.15) is 5.10 Å². The summed E-state index contributed by atoms with van der Waals surface area (Å²) in [7, 11) is 0. The van der Waals surface area contributed by atoms with E-state index in [1.807, 2.05) is 42.5 Å². The first-order valence-electron chi connectivity index (χ1n) is 5.74. The fourth-order valence-electron chi connectivity index (χ4n) is 1.63. The summed E-state index contributed by atoms with van der Waals surface area (Å²) >= 11 is 0. The van der Waals surface area contributed by atoms with Gasteiger partial charge in [0.05, 0.1) is 6.20 Å². The number of para-hydroxylation sites is 2. The number of oxazole rings is 1. The van der Waals surface area contributed by atoms with Crippen LogP contribution in [0.5, 0.6) is 0 Å². The molecule has 0 unspecified atom stereocenters. The minimum Gasteiger partial charge on any atom is -0.443 e. The lowest BCUT2D eigenvalue weighted by atomic mass is 10.3. The van der Waals surface area contributed by atoms with Gasteiger partial charge in [0, 0.05) is 11.6 Å². The van der Waals surface area contributed by atoms with Crippen LogP contribution in [-0.4, -0.2) is 20.2 Å². The number of rotatable bonds is 0. The zero-order valence-corrected chi connectivity index (χ0v) is 9.97. The van der Waals surface area contributed by atoms with E-state index < -0.39 is 0 Å². The Morgan fingerprint density at radius 2 is 1.79 bits per heavy atom. The molecule has 0 fully saturated rings. The highest BCUT2D eigenvalue weighted by atomic mass is 16.3. The minimum absolute atomic E-state index is 0.699. The molecule has 5 nitrogen and oxygen atoms in total. The number of hydrogen-bond donors (Lipinski definition) is 0. The summed E-state index contributed by atoms with van der Waals surface area (Å²) in [5.74, 6) is 0. The molecule has 3 heterocycles. The summed E-state index contributed by atoms with van der Waals surface area (Å²) in [6.07, 6.45) is 4.81. The van der Waals surface area contributed by atoms with E-state index >= 15 is 0 Å². The average Bonchev–Trinajstić information content (AvgIpc) is 2.96. The van der Waals surface area contributed by atoms with Crippen molar-refractivity contribution in [3.05, 3.63) is 61.3 Å². The van der Waals surface area contributed by atoms with Crippen LogP contribution >= 0.6 is 0 Å². The van der Waals surface area contributed by atoms with E-state index in [9.17, 15) is 0 Å². The zero-order chi connectivity index (χ0) is 12.9. The summed E-state index contributed by atoms with van der Waals surface area (Å²) in [5.41, 5.74) is 2.46. The molecule has 5 heteroatoms. The Morgan fingerprint density at radius 1 is 0.842 bits per heavy atom.